The van der Waals surface area contributed by atoms with Gasteiger partial charge in [0.1, 0.15) is 6.61 Å². The van der Waals surface area contributed by atoms with Crippen molar-refractivity contribution < 1.29 is 14.6 Å². The van der Waals surface area contributed by atoms with E-state index in [2.05, 4.69) is 30.8 Å². The Hall–Kier alpha value is -6.27. The van der Waals surface area contributed by atoms with E-state index >= 15 is 0 Å². The van der Waals surface area contributed by atoms with Crippen LogP contribution >= 0.6 is 22.7 Å². The minimum absolute atomic E-state index is 0.000728. The van der Waals surface area contributed by atoms with E-state index < -0.39 is 5.97 Å². The molecule has 54 heavy (non-hydrogen) atoms. The first-order valence-corrected chi connectivity index (χ1v) is 18.8. The lowest BCUT2D eigenvalue weighted by Gasteiger charge is -2.14. The molecule has 0 aliphatic carbocycles. The molecule has 0 spiro atoms. The number of esters is 1. The Balaban J connectivity index is 0.000000144. The third-order valence-electron chi connectivity index (χ3n) is 9.99. The number of pyridine rings is 2. The number of rotatable bonds is 6. The van der Waals surface area contributed by atoms with Gasteiger partial charge in [0.15, 0.2) is 0 Å². The molecule has 0 atom stereocenters. The van der Waals surface area contributed by atoms with Crippen molar-refractivity contribution in [2.45, 2.75) is 13.1 Å². The Bertz CT molecular complexity index is 3350. The predicted molar refractivity (Wildman–Crippen MR) is 220 cm³/mol. The number of carbonyl (C=O) groups is 1. The lowest BCUT2D eigenvalue weighted by molar-refractivity contribution is -0.138. The van der Waals surface area contributed by atoms with E-state index in [4.69, 9.17) is 4.74 Å². The molecule has 4 heterocycles. The molecular formula is C43H28N2O7S2. The van der Waals surface area contributed by atoms with E-state index in [1.54, 1.807) is 46.9 Å². The zero-order valence-electron chi connectivity index (χ0n) is 28.5. The first kappa shape index (κ1) is 33.6. The molecule has 264 valence electrons. The van der Waals surface area contributed by atoms with Crippen LogP contribution in [0.4, 0.5) is 0 Å². The summed E-state index contributed by atoms with van der Waals surface area (Å²) in [4.78, 5) is 62.9. The van der Waals surface area contributed by atoms with Crippen molar-refractivity contribution in [2.24, 2.45) is 0 Å². The summed E-state index contributed by atoms with van der Waals surface area (Å²) in [5.74, 6) is -0.587. The van der Waals surface area contributed by atoms with Crippen LogP contribution in [-0.2, 0) is 22.6 Å². The van der Waals surface area contributed by atoms with Gasteiger partial charge in [-0.1, -0.05) is 55.1 Å². The number of carbonyl (C=O) groups excluding carboxylic acids is 1. The van der Waals surface area contributed by atoms with Crippen LogP contribution in [0.15, 0.2) is 129 Å². The quantitative estimate of drug-likeness (QED) is 0.0816. The summed E-state index contributed by atoms with van der Waals surface area (Å²) >= 11 is 3.31. The van der Waals surface area contributed by atoms with Crippen LogP contribution in [0.2, 0.25) is 0 Å². The van der Waals surface area contributed by atoms with Crippen LogP contribution in [-0.4, -0.2) is 33.4 Å². The molecule has 10 aromatic rings. The lowest BCUT2D eigenvalue weighted by atomic mass is 9.98. The topological polar surface area (TPSA) is 125 Å². The van der Waals surface area contributed by atoms with Crippen LogP contribution in [0, 0.1) is 0 Å². The highest BCUT2D eigenvalue weighted by Gasteiger charge is 2.20. The molecule has 9 nitrogen and oxygen atoms in total. The van der Waals surface area contributed by atoms with Crippen LogP contribution in [0.5, 0.6) is 0 Å². The molecule has 0 bridgehead atoms. The largest absolute Gasteiger partial charge is 0.461 e. The number of fused-ring (bicyclic) bond motifs is 4. The summed E-state index contributed by atoms with van der Waals surface area (Å²) in [6, 6.07) is 31.3. The SMILES string of the molecule is C=CC(=O)OCCn1c(=O)c2ccc3sc4ccccc4c4ccc(c1=O)c2c34.O=c1c2ccc3sc4ccccc4c4ccc(c(=O)n1CCO)c2c34. The Kier molecular flexibility index (Phi) is 8.07. The van der Waals surface area contributed by atoms with Crippen LogP contribution < -0.4 is 22.2 Å². The van der Waals surface area contributed by atoms with Gasteiger partial charge >= 0.3 is 5.97 Å². The van der Waals surface area contributed by atoms with Crippen molar-refractivity contribution >= 4 is 112 Å². The number of hydrogen-bond acceptors (Lipinski definition) is 9. The van der Waals surface area contributed by atoms with E-state index in [9.17, 15) is 29.1 Å². The van der Waals surface area contributed by atoms with E-state index in [1.165, 1.54) is 4.70 Å². The van der Waals surface area contributed by atoms with Crippen LogP contribution in [0.25, 0.3) is 83.4 Å². The van der Waals surface area contributed by atoms with Crippen LogP contribution in [0.1, 0.15) is 0 Å². The molecule has 0 amide bonds. The third kappa shape index (κ3) is 5.04. The molecule has 6 aromatic carbocycles. The number of nitrogens with zero attached hydrogens (tertiary/aromatic N) is 2. The number of aliphatic hydroxyl groups excluding tert-OH is 1. The van der Waals surface area contributed by atoms with Gasteiger partial charge in [0.2, 0.25) is 0 Å². The van der Waals surface area contributed by atoms with Gasteiger partial charge in [-0.15, -0.1) is 22.7 Å². The summed E-state index contributed by atoms with van der Waals surface area (Å²) in [7, 11) is 0. The second kappa shape index (κ2) is 13.0. The van der Waals surface area contributed by atoms with Crippen molar-refractivity contribution in [1.29, 1.82) is 0 Å². The summed E-state index contributed by atoms with van der Waals surface area (Å²) in [5.41, 5.74) is -1.41. The Morgan fingerprint density at radius 3 is 1.39 bits per heavy atom. The average molecular weight is 749 g/mol. The minimum Gasteiger partial charge on any atom is -0.461 e. The van der Waals surface area contributed by atoms with Crippen molar-refractivity contribution in [3.8, 4) is 0 Å². The molecule has 0 radical (unpaired) electrons. The van der Waals surface area contributed by atoms with Crippen molar-refractivity contribution in [3.63, 3.8) is 0 Å². The summed E-state index contributed by atoms with van der Waals surface area (Å²) in [6.07, 6.45) is 1.05. The van der Waals surface area contributed by atoms with Crippen LogP contribution in [0.3, 0.4) is 0 Å². The molecule has 0 saturated carbocycles. The Labute approximate surface area is 312 Å². The Morgan fingerprint density at radius 1 is 0.537 bits per heavy atom. The molecule has 0 fully saturated rings. The fourth-order valence-corrected chi connectivity index (χ4v) is 9.87. The molecule has 4 aromatic heterocycles. The van der Waals surface area contributed by atoms with Gasteiger partial charge in [0.05, 0.1) is 19.7 Å². The Morgan fingerprint density at radius 2 is 0.944 bits per heavy atom. The zero-order valence-corrected chi connectivity index (χ0v) is 30.1. The van der Waals surface area contributed by atoms with Gasteiger partial charge in [-0.25, -0.2) is 4.79 Å². The van der Waals surface area contributed by atoms with E-state index in [0.717, 1.165) is 67.0 Å². The first-order chi connectivity index (χ1) is 26.3. The average Bonchev–Trinajstić information content (AvgIpc) is 3.20. The number of ether oxygens (including phenoxy) is 1. The van der Waals surface area contributed by atoms with Crippen molar-refractivity contribution in [1.82, 2.24) is 9.13 Å². The fraction of sp³-hybridized carbons (Fsp3) is 0.0930. The summed E-state index contributed by atoms with van der Waals surface area (Å²) in [5, 5.41) is 18.9. The minimum atomic E-state index is -0.587. The molecule has 0 saturated heterocycles. The molecule has 0 aliphatic rings. The third-order valence-corrected chi connectivity index (χ3v) is 12.3. The molecule has 1 N–H and O–H groups in total. The number of benzene rings is 6. The maximum atomic E-state index is 13.1. The maximum Gasteiger partial charge on any atom is 0.330 e. The lowest BCUT2D eigenvalue weighted by Crippen LogP contribution is -2.35. The highest BCUT2D eigenvalue weighted by Crippen LogP contribution is 2.41. The van der Waals surface area contributed by atoms with E-state index in [-0.39, 0.29) is 48.5 Å². The highest BCUT2D eigenvalue weighted by atomic mass is 32.1. The first-order valence-electron chi connectivity index (χ1n) is 17.2. The van der Waals surface area contributed by atoms with E-state index in [0.29, 0.717) is 26.9 Å². The van der Waals surface area contributed by atoms with Crippen molar-refractivity contribution in [3.05, 3.63) is 151 Å². The smallest absolute Gasteiger partial charge is 0.330 e. The second-order valence-corrected chi connectivity index (χ2v) is 15.0. The van der Waals surface area contributed by atoms with Crippen molar-refractivity contribution in [2.75, 3.05) is 13.2 Å². The van der Waals surface area contributed by atoms with Gasteiger partial charge < -0.3 is 9.84 Å². The highest BCUT2D eigenvalue weighted by molar-refractivity contribution is 7.25. The number of aliphatic hydroxyl groups is 1. The molecule has 0 aliphatic heterocycles. The summed E-state index contributed by atoms with van der Waals surface area (Å²) < 4.78 is 11.6. The number of hydrogen-bond donors (Lipinski definition) is 1. The zero-order chi connectivity index (χ0) is 37.2. The fourth-order valence-electron chi connectivity index (χ4n) is 7.62. The standard InChI is InChI=1S/C23H15NO4S.C20H13NO3S/c1-2-19(25)28-12-11-24-22(26)15-8-7-14-13-5-3-4-6-17(13)29-18-10-9-16(23(24)27)20(15)21(14)18;22-10-9-21-19(23)13-6-5-12-11-3-1-2-4-15(11)25-16-8-7-14(20(21)24)17(13)18(12)16/h2-10H,1,11-12H2;1-8,22H,9-10H2. The van der Waals surface area contributed by atoms with Gasteiger partial charge in [0, 0.05) is 68.0 Å². The van der Waals surface area contributed by atoms with Gasteiger partial charge in [-0.05, 0) is 70.1 Å². The second-order valence-electron chi connectivity index (χ2n) is 12.9. The molecule has 10 rings (SSSR count). The molecular weight excluding hydrogens is 721 g/mol. The number of aromatic nitrogens is 2. The summed E-state index contributed by atoms with van der Waals surface area (Å²) in [6.45, 7) is 3.04. The van der Waals surface area contributed by atoms with Gasteiger partial charge in [-0.2, -0.15) is 0 Å². The van der Waals surface area contributed by atoms with Gasteiger partial charge in [-0.3, -0.25) is 28.3 Å². The van der Waals surface area contributed by atoms with E-state index in [1.807, 2.05) is 48.5 Å². The monoisotopic (exact) mass is 748 g/mol. The normalized spacial score (nSPS) is 11.8. The molecule has 11 heteroatoms. The predicted octanol–water partition coefficient (Wildman–Crippen LogP) is 7.36. The van der Waals surface area contributed by atoms with Gasteiger partial charge in [0.25, 0.3) is 22.2 Å². The maximum absolute atomic E-state index is 13.1. The molecule has 0 unspecified atom stereocenters.